The Morgan fingerprint density at radius 1 is 1.19 bits per heavy atom. The summed E-state index contributed by atoms with van der Waals surface area (Å²) >= 11 is 0. The highest BCUT2D eigenvalue weighted by Crippen LogP contribution is 2.44. The zero-order chi connectivity index (χ0) is 22.7. The summed E-state index contributed by atoms with van der Waals surface area (Å²) in [5, 5.41) is 12.1. The minimum Gasteiger partial charge on any atom is -0.489 e. The van der Waals surface area contributed by atoms with E-state index in [1.54, 1.807) is 6.07 Å². The predicted molar refractivity (Wildman–Crippen MR) is 122 cm³/mol. The second-order valence-corrected chi connectivity index (χ2v) is 9.51. The van der Waals surface area contributed by atoms with Crippen molar-refractivity contribution in [1.82, 2.24) is 10.2 Å². The molecular weight excluding hydrogens is 407 g/mol. The van der Waals surface area contributed by atoms with Crippen molar-refractivity contribution in [3.05, 3.63) is 65.5 Å². The molecule has 1 heterocycles. The molecule has 6 heteroatoms. The Labute approximate surface area is 189 Å². The Bertz CT molecular complexity index is 940. The molecule has 2 aromatic carbocycles. The molecule has 0 bridgehead atoms. The lowest BCUT2D eigenvalue weighted by molar-refractivity contribution is -0.139. The zero-order valence-electron chi connectivity index (χ0n) is 18.9. The Morgan fingerprint density at radius 3 is 2.59 bits per heavy atom. The molecule has 1 aliphatic heterocycles. The first-order valence-corrected chi connectivity index (χ1v) is 11.5. The fourth-order valence-corrected chi connectivity index (χ4v) is 5.38. The van der Waals surface area contributed by atoms with E-state index in [2.05, 4.69) is 42.5 Å². The standard InChI is InChI=1S/C26H33FN2O3/c1-29(2)26(20-6-4-7-21(27)15-20)11-9-18(10-12-26)13-19-5-3-8-22(14-19)32-23-16-24(25(30)31)28-17-23/h3-8,14-15,18,23-24,28H,9-13,16-17H2,1-2H3,(H,30,31)/t18?,23-,24-,26?/m0/s1. The second-order valence-electron chi connectivity index (χ2n) is 9.51. The van der Waals surface area contributed by atoms with Gasteiger partial charge in [0.1, 0.15) is 23.7 Å². The monoisotopic (exact) mass is 440 g/mol. The van der Waals surface area contributed by atoms with Gasteiger partial charge in [-0.2, -0.15) is 0 Å². The van der Waals surface area contributed by atoms with Crippen molar-refractivity contribution in [1.29, 1.82) is 0 Å². The first kappa shape index (κ1) is 22.7. The number of nitrogens with one attached hydrogen (secondary N) is 1. The molecule has 0 unspecified atom stereocenters. The fraction of sp³-hybridized carbons (Fsp3) is 0.500. The fourth-order valence-electron chi connectivity index (χ4n) is 5.38. The molecule has 1 saturated carbocycles. The van der Waals surface area contributed by atoms with Crippen molar-refractivity contribution in [2.24, 2.45) is 5.92 Å². The number of halogens is 1. The van der Waals surface area contributed by atoms with E-state index in [-0.39, 0.29) is 17.5 Å². The SMILES string of the molecule is CN(C)C1(c2cccc(F)c2)CCC(Cc2cccc(O[C@@H]3CN[C@H](C(=O)O)C3)c2)CC1. The molecule has 172 valence electrons. The van der Waals surface area contributed by atoms with Crippen LogP contribution in [0.1, 0.15) is 43.2 Å². The maximum atomic E-state index is 13.9. The summed E-state index contributed by atoms with van der Waals surface area (Å²) in [5.41, 5.74) is 2.21. The number of carboxylic acids is 1. The van der Waals surface area contributed by atoms with Crippen molar-refractivity contribution >= 4 is 5.97 Å². The van der Waals surface area contributed by atoms with E-state index in [0.717, 1.165) is 43.4 Å². The Hall–Kier alpha value is -2.44. The lowest BCUT2D eigenvalue weighted by Gasteiger charge is -2.45. The summed E-state index contributed by atoms with van der Waals surface area (Å²) in [7, 11) is 4.19. The van der Waals surface area contributed by atoms with E-state index in [0.29, 0.717) is 18.9 Å². The predicted octanol–water partition coefficient (Wildman–Crippen LogP) is 4.21. The third-order valence-corrected chi connectivity index (χ3v) is 7.26. The second kappa shape index (κ2) is 9.59. The van der Waals surface area contributed by atoms with Gasteiger partial charge in [-0.1, -0.05) is 24.3 Å². The summed E-state index contributed by atoms with van der Waals surface area (Å²) < 4.78 is 20.0. The van der Waals surface area contributed by atoms with Crippen LogP contribution in [-0.4, -0.2) is 48.8 Å². The number of hydrogen-bond donors (Lipinski definition) is 2. The van der Waals surface area contributed by atoms with Crippen LogP contribution in [0.25, 0.3) is 0 Å². The van der Waals surface area contributed by atoms with Gasteiger partial charge in [-0.3, -0.25) is 9.69 Å². The highest BCUT2D eigenvalue weighted by molar-refractivity contribution is 5.73. The van der Waals surface area contributed by atoms with Crippen LogP contribution in [0, 0.1) is 11.7 Å². The van der Waals surface area contributed by atoms with Gasteiger partial charge in [0, 0.05) is 18.5 Å². The number of benzene rings is 2. The van der Waals surface area contributed by atoms with Gasteiger partial charge in [0.05, 0.1) is 0 Å². The van der Waals surface area contributed by atoms with E-state index in [9.17, 15) is 9.18 Å². The van der Waals surface area contributed by atoms with Crippen LogP contribution in [0.4, 0.5) is 4.39 Å². The normalized spacial score (nSPS) is 28.1. The van der Waals surface area contributed by atoms with Crippen LogP contribution in [0.3, 0.4) is 0 Å². The number of ether oxygens (including phenoxy) is 1. The van der Waals surface area contributed by atoms with Crippen LogP contribution < -0.4 is 10.1 Å². The molecule has 0 aromatic heterocycles. The van der Waals surface area contributed by atoms with Crippen LogP contribution in [0.2, 0.25) is 0 Å². The Kier molecular flexibility index (Phi) is 6.82. The maximum Gasteiger partial charge on any atom is 0.320 e. The molecule has 2 aliphatic rings. The minimum absolute atomic E-state index is 0.111. The lowest BCUT2D eigenvalue weighted by atomic mass is 9.70. The topological polar surface area (TPSA) is 61.8 Å². The smallest absolute Gasteiger partial charge is 0.320 e. The van der Waals surface area contributed by atoms with Gasteiger partial charge < -0.3 is 15.2 Å². The van der Waals surface area contributed by atoms with Crippen LogP contribution in [0.15, 0.2) is 48.5 Å². The quantitative estimate of drug-likeness (QED) is 0.675. The van der Waals surface area contributed by atoms with Crippen molar-refractivity contribution in [2.75, 3.05) is 20.6 Å². The van der Waals surface area contributed by atoms with Gasteiger partial charge in [0.15, 0.2) is 0 Å². The van der Waals surface area contributed by atoms with E-state index in [4.69, 9.17) is 9.84 Å². The molecule has 0 radical (unpaired) electrons. The van der Waals surface area contributed by atoms with E-state index >= 15 is 0 Å². The molecule has 2 aromatic rings. The third kappa shape index (κ3) is 4.97. The third-order valence-electron chi connectivity index (χ3n) is 7.26. The lowest BCUT2D eigenvalue weighted by Crippen LogP contribution is -2.44. The Balaban J connectivity index is 1.37. The highest BCUT2D eigenvalue weighted by Gasteiger charge is 2.39. The van der Waals surface area contributed by atoms with Gasteiger partial charge in [-0.05, 0) is 87.5 Å². The molecule has 2 fully saturated rings. The van der Waals surface area contributed by atoms with Crippen molar-refractivity contribution < 1.29 is 19.0 Å². The van der Waals surface area contributed by atoms with E-state index in [1.807, 2.05) is 18.2 Å². The molecule has 2 N–H and O–H groups in total. The first-order chi connectivity index (χ1) is 15.4. The molecule has 1 saturated heterocycles. The largest absolute Gasteiger partial charge is 0.489 e. The highest BCUT2D eigenvalue weighted by atomic mass is 19.1. The minimum atomic E-state index is -0.825. The average molecular weight is 441 g/mol. The van der Waals surface area contributed by atoms with Gasteiger partial charge >= 0.3 is 5.97 Å². The molecule has 5 nitrogen and oxygen atoms in total. The molecule has 0 amide bonds. The first-order valence-electron chi connectivity index (χ1n) is 11.5. The summed E-state index contributed by atoms with van der Waals surface area (Å²) in [5.74, 6) is 0.388. The molecule has 32 heavy (non-hydrogen) atoms. The number of rotatable bonds is 7. The number of aliphatic carboxylic acids is 1. The number of carboxylic acid groups (broad SMARTS) is 1. The van der Waals surface area contributed by atoms with Gasteiger partial charge in [-0.15, -0.1) is 0 Å². The van der Waals surface area contributed by atoms with Crippen molar-refractivity contribution in [2.45, 2.75) is 56.2 Å². The number of carbonyl (C=O) groups is 1. The van der Waals surface area contributed by atoms with Gasteiger partial charge in [-0.25, -0.2) is 4.39 Å². The van der Waals surface area contributed by atoms with Gasteiger partial charge in [0.2, 0.25) is 0 Å². The molecule has 0 spiro atoms. The van der Waals surface area contributed by atoms with Crippen LogP contribution >= 0.6 is 0 Å². The summed E-state index contributed by atoms with van der Waals surface area (Å²) in [6, 6.07) is 14.7. The average Bonchev–Trinajstić information content (AvgIpc) is 3.23. The number of nitrogens with zero attached hydrogens (tertiary/aromatic N) is 1. The van der Waals surface area contributed by atoms with Crippen LogP contribution in [-0.2, 0) is 16.8 Å². The van der Waals surface area contributed by atoms with Crippen molar-refractivity contribution in [3.63, 3.8) is 0 Å². The zero-order valence-corrected chi connectivity index (χ0v) is 18.9. The number of hydrogen-bond acceptors (Lipinski definition) is 4. The van der Waals surface area contributed by atoms with E-state index in [1.165, 1.54) is 11.6 Å². The molecule has 1 aliphatic carbocycles. The summed E-state index contributed by atoms with van der Waals surface area (Å²) in [6.07, 6.45) is 5.55. The van der Waals surface area contributed by atoms with Crippen molar-refractivity contribution in [3.8, 4) is 5.75 Å². The maximum absolute atomic E-state index is 13.9. The summed E-state index contributed by atoms with van der Waals surface area (Å²) in [4.78, 5) is 13.4. The van der Waals surface area contributed by atoms with Gasteiger partial charge in [0.25, 0.3) is 0 Å². The summed E-state index contributed by atoms with van der Waals surface area (Å²) in [6.45, 7) is 0.552. The molecule has 2 atom stereocenters. The van der Waals surface area contributed by atoms with Crippen LogP contribution in [0.5, 0.6) is 5.75 Å². The molecular formula is C26H33FN2O3. The Morgan fingerprint density at radius 2 is 1.94 bits per heavy atom. The van der Waals surface area contributed by atoms with E-state index < -0.39 is 12.0 Å². The molecule has 4 rings (SSSR count).